The van der Waals surface area contributed by atoms with E-state index in [0.29, 0.717) is 11.8 Å². The molecule has 4 aromatic rings. The number of hydrogen-bond donors (Lipinski definition) is 2. The van der Waals surface area contributed by atoms with Crippen molar-refractivity contribution >= 4 is 23.1 Å². The van der Waals surface area contributed by atoms with Gasteiger partial charge in [0.25, 0.3) is 0 Å². The molecule has 0 fully saturated rings. The average molecular weight is 323 g/mol. The molecule has 0 unspecified atom stereocenters. The van der Waals surface area contributed by atoms with E-state index in [1.165, 1.54) is 0 Å². The lowest BCUT2D eigenvalue weighted by molar-refractivity contribution is 0.771. The molecular formula is C15H13N7S. The zero-order valence-corrected chi connectivity index (χ0v) is 13.1. The first-order chi connectivity index (χ1) is 11.3. The molecule has 0 aromatic carbocycles. The molecule has 114 valence electrons. The summed E-state index contributed by atoms with van der Waals surface area (Å²) in [7, 11) is 1.86. The zero-order chi connectivity index (χ0) is 15.6. The second-order valence-electron chi connectivity index (χ2n) is 4.89. The lowest BCUT2D eigenvalue weighted by atomic mass is 10.3. The minimum atomic E-state index is 0.498. The number of aryl methyl sites for hydroxylation is 1. The third-order valence-electron chi connectivity index (χ3n) is 3.21. The number of H-pyrrole nitrogens is 1. The number of nitrogens with one attached hydrogen (secondary N) is 2. The first-order valence-corrected chi connectivity index (χ1v) is 7.85. The van der Waals surface area contributed by atoms with Crippen molar-refractivity contribution in [1.82, 2.24) is 29.7 Å². The molecule has 0 saturated carbocycles. The molecule has 4 aromatic heterocycles. The smallest absolute Gasteiger partial charge is 0.229 e. The van der Waals surface area contributed by atoms with Gasteiger partial charge in [-0.1, -0.05) is 0 Å². The van der Waals surface area contributed by atoms with Crippen molar-refractivity contribution < 1.29 is 0 Å². The Hall–Kier alpha value is -3.00. The number of hydrogen-bond acceptors (Lipinski definition) is 6. The van der Waals surface area contributed by atoms with Crippen molar-refractivity contribution in [3.05, 3.63) is 48.2 Å². The van der Waals surface area contributed by atoms with Gasteiger partial charge in [-0.05, 0) is 18.2 Å². The van der Waals surface area contributed by atoms with Crippen LogP contribution in [0.15, 0.2) is 48.2 Å². The zero-order valence-electron chi connectivity index (χ0n) is 12.3. The standard InChI is InChI=1S/C15H13N7S/c1-22-8-5-13(21-22)20-15-17-7-4-11(19-15)14-18-12(9-23-14)10-3-2-6-16-10/h2-9,16H,1H3,(H,17,19,20,21). The molecule has 0 saturated heterocycles. The first kappa shape index (κ1) is 13.6. The number of anilines is 2. The van der Waals surface area contributed by atoms with E-state index in [1.807, 2.05) is 49.1 Å². The largest absolute Gasteiger partial charge is 0.360 e. The van der Waals surface area contributed by atoms with E-state index in [1.54, 1.807) is 22.2 Å². The molecule has 4 heterocycles. The summed E-state index contributed by atoms with van der Waals surface area (Å²) >= 11 is 1.55. The number of aromatic nitrogens is 6. The SMILES string of the molecule is Cn1ccc(Nc2nccc(-c3nc(-c4ccc[nH]4)cs3)n2)n1. The maximum atomic E-state index is 4.62. The molecule has 0 amide bonds. The van der Waals surface area contributed by atoms with Gasteiger partial charge in [-0.15, -0.1) is 11.3 Å². The summed E-state index contributed by atoms with van der Waals surface area (Å²) in [6.45, 7) is 0. The van der Waals surface area contributed by atoms with Gasteiger partial charge in [0.15, 0.2) is 5.82 Å². The highest BCUT2D eigenvalue weighted by Gasteiger charge is 2.10. The molecule has 0 aliphatic heterocycles. The van der Waals surface area contributed by atoms with Crippen LogP contribution < -0.4 is 5.32 Å². The molecule has 7 nitrogen and oxygen atoms in total. The van der Waals surface area contributed by atoms with Crippen molar-refractivity contribution in [2.45, 2.75) is 0 Å². The van der Waals surface area contributed by atoms with Crippen molar-refractivity contribution in [2.24, 2.45) is 7.05 Å². The topological polar surface area (TPSA) is 84.3 Å². The van der Waals surface area contributed by atoms with E-state index in [-0.39, 0.29) is 0 Å². The van der Waals surface area contributed by atoms with Crippen LogP contribution >= 0.6 is 11.3 Å². The average Bonchev–Trinajstić information content (AvgIpc) is 3.28. The van der Waals surface area contributed by atoms with Crippen LogP contribution in [0.1, 0.15) is 0 Å². The minimum absolute atomic E-state index is 0.498. The lowest BCUT2D eigenvalue weighted by Crippen LogP contribution is -1.99. The predicted molar refractivity (Wildman–Crippen MR) is 89.4 cm³/mol. The van der Waals surface area contributed by atoms with Crippen LogP contribution in [0.4, 0.5) is 11.8 Å². The molecule has 2 N–H and O–H groups in total. The monoisotopic (exact) mass is 323 g/mol. The molecule has 0 aliphatic rings. The van der Waals surface area contributed by atoms with Gasteiger partial charge in [-0.3, -0.25) is 4.68 Å². The molecular weight excluding hydrogens is 310 g/mol. The highest BCUT2D eigenvalue weighted by molar-refractivity contribution is 7.13. The number of nitrogens with zero attached hydrogens (tertiary/aromatic N) is 5. The van der Waals surface area contributed by atoms with Gasteiger partial charge in [0.1, 0.15) is 10.7 Å². The van der Waals surface area contributed by atoms with Crippen LogP contribution in [-0.2, 0) is 7.05 Å². The first-order valence-electron chi connectivity index (χ1n) is 6.97. The van der Waals surface area contributed by atoms with Gasteiger partial charge in [0.2, 0.25) is 5.95 Å². The molecule has 0 spiro atoms. The fourth-order valence-corrected chi connectivity index (χ4v) is 2.93. The minimum Gasteiger partial charge on any atom is -0.360 e. The summed E-state index contributed by atoms with van der Waals surface area (Å²) in [4.78, 5) is 16.5. The van der Waals surface area contributed by atoms with E-state index >= 15 is 0 Å². The summed E-state index contributed by atoms with van der Waals surface area (Å²) in [5.41, 5.74) is 2.68. The van der Waals surface area contributed by atoms with Gasteiger partial charge in [-0.25, -0.2) is 15.0 Å². The predicted octanol–water partition coefficient (Wildman–Crippen LogP) is 3.07. The Balaban J connectivity index is 1.61. The Morgan fingerprint density at radius 2 is 2.13 bits per heavy atom. The molecule has 4 rings (SSSR count). The van der Waals surface area contributed by atoms with Crippen molar-refractivity contribution in [1.29, 1.82) is 0 Å². The number of aromatic amines is 1. The van der Waals surface area contributed by atoms with Crippen LogP contribution in [0, 0.1) is 0 Å². The maximum Gasteiger partial charge on any atom is 0.229 e. The summed E-state index contributed by atoms with van der Waals surface area (Å²) in [6, 6.07) is 7.66. The third-order valence-corrected chi connectivity index (χ3v) is 4.07. The third kappa shape index (κ3) is 2.84. The molecule has 0 bridgehead atoms. The molecule has 23 heavy (non-hydrogen) atoms. The van der Waals surface area contributed by atoms with Crippen molar-refractivity contribution in [3.8, 4) is 22.1 Å². The Morgan fingerprint density at radius 1 is 1.17 bits per heavy atom. The van der Waals surface area contributed by atoms with Gasteiger partial charge in [-0.2, -0.15) is 5.10 Å². The number of thiazole rings is 1. The second-order valence-corrected chi connectivity index (χ2v) is 5.74. The summed E-state index contributed by atoms with van der Waals surface area (Å²) in [6.07, 6.45) is 5.45. The van der Waals surface area contributed by atoms with E-state index in [2.05, 4.69) is 30.4 Å². The van der Waals surface area contributed by atoms with E-state index in [4.69, 9.17) is 0 Å². The lowest BCUT2D eigenvalue weighted by Gasteiger charge is -2.02. The van der Waals surface area contributed by atoms with Crippen LogP contribution in [0.3, 0.4) is 0 Å². The summed E-state index contributed by atoms with van der Waals surface area (Å²) < 4.78 is 1.72. The maximum absolute atomic E-state index is 4.62. The van der Waals surface area contributed by atoms with Gasteiger partial charge >= 0.3 is 0 Å². The normalized spacial score (nSPS) is 10.8. The van der Waals surface area contributed by atoms with Crippen LogP contribution in [0.5, 0.6) is 0 Å². The van der Waals surface area contributed by atoms with Crippen molar-refractivity contribution in [2.75, 3.05) is 5.32 Å². The quantitative estimate of drug-likeness (QED) is 0.603. The van der Waals surface area contributed by atoms with Crippen LogP contribution in [0.2, 0.25) is 0 Å². The highest BCUT2D eigenvalue weighted by atomic mass is 32.1. The van der Waals surface area contributed by atoms with Gasteiger partial charge in [0.05, 0.1) is 11.4 Å². The number of rotatable bonds is 4. The van der Waals surface area contributed by atoms with E-state index < -0.39 is 0 Å². The fraction of sp³-hybridized carbons (Fsp3) is 0.0667. The summed E-state index contributed by atoms with van der Waals surface area (Å²) in [5.74, 6) is 1.20. The van der Waals surface area contributed by atoms with Crippen LogP contribution in [-0.4, -0.2) is 29.7 Å². The highest BCUT2D eigenvalue weighted by Crippen LogP contribution is 2.27. The second kappa shape index (κ2) is 5.65. The van der Waals surface area contributed by atoms with E-state index in [0.717, 1.165) is 22.1 Å². The van der Waals surface area contributed by atoms with Gasteiger partial charge in [0, 0.05) is 37.1 Å². The molecule has 8 heteroatoms. The Bertz CT molecular complexity index is 923. The summed E-state index contributed by atoms with van der Waals surface area (Å²) in [5, 5.41) is 10.2. The molecule has 0 radical (unpaired) electrons. The Kier molecular flexibility index (Phi) is 3.35. The fourth-order valence-electron chi connectivity index (χ4n) is 2.14. The van der Waals surface area contributed by atoms with Crippen LogP contribution in [0.25, 0.3) is 22.1 Å². The Morgan fingerprint density at radius 3 is 2.91 bits per heavy atom. The van der Waals surface area contributed by atoms with E-state index in [9.17, 15) is 0 Å². The molecule has 0 atom stereocenters. The van der Waals surface area contributed by atoms with Crippen molar-refractivity contribution in [3.63, 3.8) is 0 Å². The van der Waals surface area contributed by atoms with Gasteiger partial charge < -0.3 is 10.3 Å². The Labute approximate surface area is 136 Å². The molecule has 0 aliphatic carbocycles.